The van der Waals surface area contributed by atoms with E-state index in [1.165, 1.54) is 18.2 Å². The van der Waals surface area contributed by atoms with Crippen molar-refractivity contribution in [3.05, 3.63) is 78.1 Å². The molecule has 0 saturated heterocycles. The topological polar surface area (TPSA) is 87.3 Å². The Labute approximate surface area is 156 Å². The van der Waals surface area contributed by atoms with Gasteiger partial charge < -0.3 is 19.7 Å². The van der Waals surface area contributed by atoms with Crippen LogP contribution in [0, 0.1) is 11.3 Å². The maximum Gasteiger partial charge on any atom is 0.266 e. The number of carbonyl (C=O) groups is 1. The molecule has 0 saturated carbocycles. The van der Waals surface area contributed by atoms with Crippen LogP contribution in [0.3, 0.4) is 0 Å². The molecule has 0 bridgehead atoms. The fourth-order valence-electron chi connectivity index (χ4n) is 2.53. The van der Waals surface area contributed by atoms with Gasteiger partial charge in [0.05, 0.1) is 7.11 Å². The van der Waals surface area contributed by atoms with Crippen LogP contribution in [-0.2, 0) is 4.79 Å². The van der Waals surface area contributed by atoms with Crippen molar-refractivity contribution >= 4 is 17.7 Å². The van der Waals surface area contributed by atoms with Crippen LogP contribution in [-0.4, -0.2) is 22.7 Å². The molecule has 134 valence electrons. The number of nitriles is 1. The van der Waals surface area contributed by atoms with Crippen LogP contribution in [0.5, 0.6) is 11.5 Å². The van der Waals surface area contributed by atoms with E-state index >= 15 is 0 Å². The maximum absolute atomic E-state index is 12.4. The van der Waals surface area contributed by atoms with Gasteiger partial charge in [-0.2, -0.15) is 5.26 Å². The van der Waals surface area contributed by atoms with E-state index in [4.69, 9.17) is 4.74 Å². The summed E-state index contributed by atoms with van der Waals surface area (Å²) in [4.78, 5) is 12.4. The third-order valence-corrected chi connectivity index (χ3v) is 3.91. The number of methoxy groups -OCH3 is 1. The highest BCUT2D eigenvalue weighted by molar-refractivity contribution is 6.09. The van der Waals surface area contributed by atoms with Crippen molar-refractivity contribution in [1.82, 2.24) is 4.57 Å². The molecule has 1 aromatic heterocycles. The molecule has 0 aliphatic heterocycles. The second-order valence-corrected chi connectivity index (χ2v) is 5.67. The van der Waals surface area contributed by atoms with Crippen molar-refractivity contribution < 1.29 is 14.6 Å². The molecule has 0 aliphatic rings. The number of aromatic hydroxyl groups is 1. The minimum Gasteiger partial charge on any atom is -0.508 e. The van der Waals surface area contributed by atoms with E-state index in [2.05, 4.69) is 5.32 Å². The lowest BCUT2D eigenvalue weighted by Crippen LogP contribution is -2.13. The van der Waals surface area contributed by atoms with Gasteiger partial charge in [-0.15, -0.1) is 0 Å². The number of rotatable bonds is 5. The van der Waals surface area contributed by atoms with Crippen LogP contribution in [0.15, 0.2) is 72.4 Å². The Morgan fingerprint density at radius 3 is 2.48 bits per heavy atom. The van der Waals surface area contributed by atoms with Crippen LogP contribution in [0.2, 0.25) is 0 Å². The fraction of sp³-hybridized carbons (Fsp3) is 0.0476. The van der Waals surface area contributed by atoms with Crippen molar-refractivity contribution in [2.45, 2.75) is 0 Å². The molecule has 2 aromatic carbocycles. The van der Waals surface area contributed by atoms with E-state index in [1.807, 2.05) is 53.2 Å². The molecule has 0 radical (unpaired) electrons. The van der Waals surface area contributed by atoms with Gasteiger partial charge in [0, 0.05) is 23.3 Å². The van der Waals surface area contributed by atoms with Crippen molar-refractivity contribution in [1.29, 1.82) is 5.26 Å². The number of hydrogen-bond donors (Lipinski definition) is 2. The summed E-state index contributed by atoms with van der Waals surface area (Å²) in [5, 5.41) is 21.3. The number of benzene rings is 2. The number of carbonyl (C=O) groups excluding carboxylic acids is 1. The first kappa shape index (κ1) is 17.8. The second kappa shape index (κ2) is 7.93. The molecular weight excluding hydrogens is 342 g/mol. The van der Waals surface area contributed by atoms with Gasteiger partial charge in [-0.1, -0.05) is 0 Å². The number of nitrogens with zero attached hydrogens (tertiary/aromatic N) is 2. The second-order valence-electron chi connectivity index (χ2n) is 5.67. The Kier molecular flexibility index (Phi) is 5.24. The number of nitrogens with one attached hydrogen (secondary N) is 1. The minimum atomic E-state index is -0.523. The molecule has 1 amide bonds. The zero-order valence-electron chi connectivity index (χ0n) is 14.6. The fourth-order valence-corrected chi connectivity index (χ4v) is 2.53. The molecule has 0 spiro atoms. The highest BCUT2D eigenvalue weighted by Crippen LogP contribution is 2.20. The molecule has 27 heavy (non-hydrogen) atoms. The van der Waals surface area contributed by atoms with Gasteiger partial charge in [-0.3, -0.25) is 4.79 Å². The Morgan fingerprint density at radius 1 is 1.15 bits per heavy atom. The van der Waals surface area contributed by atoms with Crippen LogP contribution in [0.4, 0.5) is 5.69 Å². The molecule has 6 nitrogen and oxygen atoms in total. The first-order valence-corrected chi connectivity index (χ1v) is 8.14. The number of amides is 1. The quantitative estimate of drug-likeness (QED) is 0.413. The predicted octanol–water partition coefficient (Wildman–Crippen LogP) is 3.74. The molecule has 3 rings (SSSR count). The van der Waals surface area contributed by atoms with Gasteiger partial charge in [-0.25, -0.2) is 0 Å². The number of aromatic nitrogens is 1. The van der Waals surface area contributed by atoms with Crippen LogP contribution in [0.25, 0.3) is 11.8 Å². The monoisotopic (exact) mass is 359 g/mol. The number of phenols is 1. The SMILES string of the molecule is COc1ccc(-n2cccc2C=C(C#N)C(=O)Nc2ccc(O)cc2)cc1. The molecule has 0 atom stereocenters. The summed E-state index contributed by atoms with van der Waals surface area (Å²) in [7, 11) is 1.60. The van der Waals surface area contributed by atoms with E-state index < -0.39 is 5.91 Å². The number of hydrogen-bond acceptors (Lipinski definition) is 4. The molecular formula is C21H17N3O3. The minimum absolute atomic E-state index is 0.0310. The summed E-state index contributed by atoms with van der Waals surface area (Å²) in [6.07, 6.45) is 3.38. The first-order chi connectivity index (χ1) is 13.1. The molecule has 1 heterocycles. The van der Waals surface area contributed by atoms with Crippen molar-refractivity contribution in [2.75, 3.05) is 12.4 Å². The summed E-state index contributed by atoms with van der Waals surface area (Å²) >= 11 is 0. The number of phenolic OH excluding ortho intramolecular Hbond substituents is 1. The number of anilines is 1. The lowest BCUT2D eigenvalue weighted by atomic mass is 10.2. The molecule has 0 fully saturated rings. The lowest BCUT2D eigenvalue weighted by Gasteiger charge is -2.09. The third-order valence-electron chi connectivity index (χ3n) is 3.91. The zero-order valence-corrected chi connectivity index (χ0v) is 14.6. The Morgan fingerprint density at radius 2 is 1.85 bits per heavy atom. The largest absolute Gasteiger partial charge is 0.508 e. The Hall–Kier alpha value is -3.98. The smallest absolute Gasteiger partial charge is 0.266 e. The average Bonchev–Trinajstić information content (AvgIpc) is 3.16. The van der Waals surface area contributed by atoms with Crippen molar-refractivity contribution in [3.63, 3.8) is 0 Å². The third kappa shape index (κ3) is 4.17. The van der Waals surface area contributed by atoms with E-state index in [0.717, 1.165) is 11.4 Å². The summed E-state index contributed by atoms with van der Waals surface area (Å²) < 4.78 is 7.03. The molecule has 0 aliphatic carbocycles. The summed E-state index contributed by atoms with van der Waals surface area (Å²) in [5.74, 6) is 0.320. The van der Waals surface area contributed by atoms with E-state index in [0.29, 0.717) is 11.4 Å². The summed E-state index contributed by atoms with van der Waals surface area (Å²) in [6, 6.07) is 19.1. The van der Waals surface area contributed by atoms with Gasteiger partial charge in [0.2, 0.25) is 0 Å². The molecule has 6 heteroatoms. The first-order valence-electron chi connectivity index (χ1n) is 8.14. The van der Waals surface area contributed by atoms with Crippen LogP contribution in [0.1, 0.15) is 5.69 Å². The van der Waals surface area contributed by atoms with E-state index in [-0.39, 0.29) is 11.3 Å². The average molecular weight is 359 g/mol. The predicted molar refractivity (Wildman–Crippen MR) is 103 cm³/mol. The van der Waals surface area contributed by atoms with Crippen LogP contribution < -0.4 is 10.1 Å². The van der Waals surface area contributed by atoms with Crippen molar-refractivity contribution in [3.8, 4) is 23.3 Å². The Bertz CT molecular complexity index is 1010. The zero-order chi connectivity index (χ0) is 19.2. The van der Waals surface area contributed by atoms with Gasteiger partial charge in [0.15, 0.2) is 0 Å². The van der Waals surface area contributed by atoms with E-state index in [9.17, 15) is 15.2 Å². The summed E-state index contributed by atoms with van der Waals surface area (Å²) in [5.41, 5.74) is 2.03. The highest BCUT2D eigenvalue weighted by Gasteiger charge is 2.11. The molecule has 3 aromatic rings. The maximum atomic E-state index is 12.4. The van der Waals surface area contributed by atoms with Gasteiger partial charge in [0.25, 0.3) is 5.91 Å². The van der Waals surface area contributed by atoms with Crippen molar-refractivity contribution in [2.24, 2.45) is 0 Å². The number of ether oxygens (including phenoxy) is 1. The lowest BCUT2D eigenvalue weighted by molar-refractivity contribution is -0.112. The van der Waals surface area contributed by atoms with Gasteiger partial charge in [0.1, 0.15) is 23.1 Å². The highest BCUT2D eigenvalue weighted by atomic mass is 16.5. The normalized spacial score (nSPS) is 10.9. The van der Waals surface area contributed by atoms with Gasteiger partial charge >= 0.3 is 0 Å². The molecule has 2 N–H and O–H groups in total. The van der Waals surface area contributed by atoms with Gasteiger partial charge in [-0.05, 0) is 66.7 Å². The Balaban J connectivity index is 1.85. The van der Waals surface area contributed by atoms with Crippen LogP contribution >= 0.6 is 0 Å². The standard InChI is InChI=1S/C21H17N3O3/c1-27-20-10-6-17(7-11-20)24-12-2-3-18(24)13-15(14-22)21(26)23-16-4-8-19(25)9-5-16/h2-13,25H,1H3,(H,23,26). The molecule has 0 unspecified atom stereocenters. The van der Waals surface area contributed by atoms with E-state index in [1.54, 1.807) is 19.2 Å². The summed E-state index contributed by atoms with van der Waals surface area (Å²) in [6.45, 7) is 0.